The third-order valence-corrected chi connectivity index (χ3v) is 7.00. The Kier molecular flexibility index (Phi) is 5.95. The minimum Gasteiger partial charge on any atom is -0.354 e. The van der Waals surface area contributed by atoms with E-state index in [2.05, 4.69) is 36.1 Å². The smallest absolute Gasteiger partial charge is 0.269 e. The maximum atomic E-state index is 12.1. The summed E-state index contributed by atoms with van der Waals surface area (Å²) in [6.45, 7) is 7.02. The molecule has 2 aliphatic heterocycles. The highest BCUT2D eigenvalue weighted by atomic mass is 16.1. The lowest BCUT2D eigenvalue weighted by Crippen LogP contribution is -2.51. The van der Waals surface area contributed by atoms with E-state index >= 15 is 0 Å². The Hall–Kier alpha value is -3.10. The van der Waals surface area contributed by atoms with Gasteiger partial charge in [0.15, 0.2) is 0 Å². The van der Waals surface area contributed by atoms with Gasteiger partial charge in [-0.2, -0.15) is 0 Å². The van der Waals surface area contributed by atoms with Gasteiger partial charge >= 0.3 is 0 Å². The summed E-state index contributed by atoms with van der Waals surface area (Å²) in [5, 5.41) is 2.61. The van der Waals surface area contributed by atoms with Crippen LogP contribution in [0.15, 0.2) is 41.5 Å². The number of nitrogens with zero attached hydrogens (tertiary/aromatic N) is 4. The Morgan fingerprint density at radius 2 is 2.03 bits per heavy atom. The number of H-pyrrole nitrogens is 1. The monoisotopic (exact) mass is 446 g/mol. The van der Waals surface area contributed by atoms with Crippen molar-refractivity contribution in [2.75, 3.05) is 33.2 Å². The number of carbonyl (C=O) groups excluding carboxylic acids is 1. The number of aromatic nitrogens is 3. The maximum Gasteiger partial charge on any atom is 0.269 e. The fourth-order valence-corrected chi connectivity index (χ4v) is 4.96. The van der Waals surface area contributed by atoms with Gasteiger partial charge in [-0.05, 0) is 42.2 Å². The highest BCUT2D eigenvalue weighted by Crippen LogP contribution is 2.31. The van der Waals surface area contributed by atoms with Crippen molar-refractivity contribution in [3.63, 3.8) is 0 Å². The molecule has 8 nitrogen and oxygen atoms in total. The summed E-state index contributed by atoms with van der Waals surface area (Å²) < 4.78 is 0. The van der Waals surface area contributed by atoms with E-state index in [4.69, 9.17) is 0 Å². The first-order valence-electron chi connectivity index (χ1n) is 11.7. The predicted molar refractivity (Wildman–Crippen MR) is 127 cm³/mol. The van der Waals surface area contributed by atoms with Crippen LogP contribution in [0.1, 0.15) is 46.4 Å². The van der Waals surface area contributed by atoms with Gasteiger partial charge in [-0.15, -0.1) is 0 Å². The van der Waals surface area contributed by atoms with Crippen molar-refractivity contribution in [1.82, 2.24) is 30.1 Å². The molecule has 3 aromatic rings. The van der Waals surface area contributed by atoms with Crippen molar-refractivity contribution in [2.24, 2.45) is 0 Å². The molecule has 3 aromatic heterocycles. The molecule has 0 spiro atoms. The molecular formula is C25H30N6O2. The third-order valence-electron chi connectivity index (χ3n) is 7.00. The number of amides is 1. The van der Waals surface area contributed by atoms with E-state index in [9.17, 15) is 9.59 Å². The number of likely N-dealkylation sites (tertiary alicyclic amines) is 2. The van der Waals surface area contributed by atoms with E-state index < -0.39 is 0 Å². The maximum absolute atomic E-state index is 12.1. The van der Waals surface area contributed by atoms with Gasteiger partial charge in [0.2, 0.25) is 0 Å². The number of hydrogen-bond donors (Lipinski definition) is 2. The molecule has 0 aliphatic carbocycles. The zero-order valence-corrected chi connectivity index (χ0v) is 19.2. The van der Waals surface area contributed by atoms with Gasteiger partial charge in [-0.3, -0.25) is 29.4 Å². The molecule has 2 N–H and O–H groups in total. The Labute approximate surface area is 193 Å². The van der Waals surface area contributed by atoms with E-state index in [-0.39, 0.29) is 11.5 Å². The van der Waals surface area contributed by atoms with Crippen LogP contribution in [-0.4, -0.2) is 69.9 Å². The van der Waals surface area contributed by atoms with Crippen molar-refractivity contribution in [3.8, 4) is 0 Å². The van der Waals surface area contributed by atoms with Crippen LogP contribution in [-0.2, 0) is 13.0 Å². The van der Waals surface area contributed by atoms with Crippen molar-refractivity contribution in [3.05, 3.63) is 69.4 Å². The summed E-state index contributed by atoms with van der Waals surface area (Å²) in [5.74, 6) is 0.335. The van der Waals surface area contributed by atoms with E-state index in [1.54, 1.807) is 7.05 Å². The minimum atomic E-state index is -0.151. The fourth-order valence-electron chi connectivity index (χ4n) is 4.96. The summed E-state index contributed by atoms with van der Waals surface area (Å²) in [4.78, 5) is 40.7. The molecule has 5 rings (SSSR count). The highest BCUT2D eigenvalue weighted by molar-refractivity contribution is 5.91. The lowest BCUT2D eigenvalue weighted by molar-refractivity contribution is 0.0930. The second kappa shape index (κ2) is 9.03. The highest BCUT2D eigenvalue weighted by Gasteiger charge is 2.36. The quantitative estimate of drug-likeness (QED) is 0.601. The van der Waals surface area contributed by atoms with Gasteiger partial charge in [0.05, 0.1) is 11.0 Å². The zero-order valence-electron chi connectivity index (χ0n) is 19.2. The number of hydrogen-bond acceptors (Lipinski definition) is 6. The molecule has 2 fully saturated rings. The van der Waals surface area contributed by atoms with Gasteiger partial charge in [-0.1, -0.05) is 13.0 Å². The first-order valence-corrected chi connectivity index (χ1v) is 11.7. The number of pyridine rings is 3. The summed E-state index contributed by atoms with van der Waals surface area (Å²) in [6.07, 6.45) is 5.65. The molecule has 0 radical (unpaired) electrons. The predicted octanol–water partition coefficient (Wildman–Crippen LogP) is 1.91. The second-order valence-electron chi connectivity index (χ2n) is 9.14. The molecule has 0 aromatic carbocycles. The van der Waals surface area contributed by atoms with Crippen molar-refractivity contribution >= 4 is 16.9 Å². The molecule has 2 aliphatic rings. The Morgan fingerprint density at radius 3 is 2.76 bits per heavy atom. The van der Waals surface area contributed by atoms with E-state index in [0.717, 1.165) is 61.3 Å². The molecule has 1 unspecified atom stereocenters. The number of carbonyl (C=O) groups is 1. The second-order valence-corrected chi connectivity index (χ2v) is 9.14. The van der Waals surface area contributed by atoms with Crippen molar-refractivity contribution in [1.29, 1.82) is 0 Å². The lowest BCUT2D eigenvalue weighted by atomic mass is 9.90. The number of rotatable bonds is 6. The molecule has 1 atom stereocenters. The van der Waals surface area contributed by atoms with Crippen LogP contribution in [0.2, 0.25) is 0 Å². The Balaban J connectivity index is 1.16. The van der Waals surface area contributed by atoms with Crippen LogP contribution in [0.3, 0.4) is 0 Å². The summed E-state index contributed by atoms with van der Waals surface area (Å²) >= 11 is 0. The summed E-state index contributed by atoms with van der Waals surface area (Å²) in [5.41, 5.74) is 5.21. The standard InChI is InChI=1S/C25H30N6O2/c1-3-17-9-22-23(29-24(17)32)8-16(10-27-22)12-30-7-6-20(15-30)31-13-19(14-31)18-4-5-21(28-11-18)25(33)26-2/h4-5,8-11,19-20H,3,6-7,12-15H2,1-2H3,(H,26,33)(H,29,32). The van der Waals surface area contributed by atoms with E-state index in [1.807, 2.05) is 37.5 Å². The van der Waals surface area contributed by atoms with Gasteiger partial charge in [-0.25, -0.2) is 0 Å². The molecule has 0 saturated carbocycles. The summed E-state index contributed by atoms with van der Waals surface area (Å²) in [7, 11) is 1.62. The van der Waals surface area contributed by atoms with Crippen molar-refractivity contribution < 1.29 is 4.79 Å². The van der Waals surface area contributed by atoms with Crippen LogP contribution in [0.25, 0.3) is 11.0 Å². The first-order chi connectivity index (χ1) is 16.0. The largest absolute Gasteiger partial charge is 0.354 e. The third kappa shape index (κ3) is 4.41. The van der Waals surface area contributed by atoms with E-state index in [1.165, 1.54) is 5.56 Å². The molecule has 33 heavy (non-hydrogen) atoms. The Morgan fingerprint density at radius 1 is 1.18 bits per heavy atom. The molecule has 172 valence electrons. The number of fused-ring (bicyclic) bond motifs is 1. The Bertz CT molecular complexity index is 1220. The molecule has 2 saturated heterocycles. The van der Waals surface area contributed by atoms with Gasteiger partial charge in [0, 0.05) is 69.7 Å². The van der Waals surface area contributed by atoms with Gasteiger partial charge in [0.25, 0.3) is 11.5 Å². The molecule has 8 heteroatoms. The number of aromatic amines is 1. The summed E-state index contributed by atoms with van der Waals surface area (Å²) in [6, 6.07) is 8.36. The van der Waals surface area contributed by atoms with Crippen LogP contribution >= 0.6 is 0 Å². The fraction of sp³-hybridized carbons (Fsp3) is 0.440. The first kappa shape index (κ1) is 21.7. The normalized spacial score (nSPS) is 19.6. The van der Waals surface area contributed by atoms with Gasteiger partial charge < -0.3 is 10.3 Å². The van der Waals surface area contributed by atoms with Gasteiger partial charge in [0.1, 0.15) is 5.69 Å². The van der Waals surface area contributed by atoms with Crippen LogP contribution in [0.4, 0.5) is 0 Å². The topological polar surface area (TPSA) is 94.2 Å². The SMILES string of the molecule is CCc1cc2ncc(CN3CCC(N4CC(c5ccc(C(=O)NC)nc5)C4)C3)cc2[nH]c1=O. The van der Waals surface area contributed by atoms with Crippen molar-refractivity contribution in [2.45, 2.75) is 38.3 Å². The minimum absolute atomic E-state index is 0.0176. The van der Waals surface area contributed by atoms with Crippen LogP contribution < -0.4 is 10.9 Å². The molecule has 0 bridgehead atoms. The molecular weight excluding hydrogens is 416 g/mol. The van der Waals surface area contributed by atoms with Crippen LogP contribution in [0, 0.1) is 0 Å². The molecule has 1 amide bonds. The molecule has 5 heterocycles. The number of nitrogens with one attached hydrogen (secondary N) is 2. The average Bonchev–Trinajstić information content (AvgIpc) is 3.25. The number of aryl methyl sites for hydroxylation is 1. The van der Waals surface area contributed by atoms with Crippen LogP contribution in [0.5, 0.6) is 0 Å². The average molecular weight is 447 g/mol. The van der Waals surface area contributed by atoms with E-state index in [0.29, 0.717) is 24.1 Å². The lowest BCUT2D eigenvalue weighted by Gasteiger charge is -2.43. The zero-order chi connectivity index (χ0) is 22.9.